The van der Waals surface area contributed by atoms with Gasteiger partial charge in [-0.2, -0.15) is 18.4 Å². The standard InChI is InChI=1S/C18H23F3N2O/c1-13(10-22)11-23(2)12-15-4-3-9-24-17(15)14-5-7-16(8-6-14)18(19,20)21/h5-8,13,15,17H,3-4,9,11-12H2,1-2H3/t13-,15-,17-/m0/s1. The maximum absolute atomic E-state index is 12.7. The molecule has 2 rings (SSSR count). The maximum atomic E-state index is 12.7. The number of ether oxygens (including phenoxy) is 1. The van der Waals surface area contributed by atoms with Crippen LogP contribution in [0.2, 0.25) is 0 Å². The van der Waals surface area contributed by atoms with E-state index in [2.05, 4.69) is 11.0 Å². The summed E-state index contributed by atoms with van der Waals surface area (Å²) in [6.45, 7) is 3.94. The molecule has 3 nitrogen and oxygen atoms in total. The zero-order valence-corrected chi connectivity index (χ0v) is 14.0. The molecule has 1 fully saturated rings. The van der Waals surface area contributed by atoms with Crippen LogP contribution >= 0.6 is 0 Å². The lowest BCUT2D eigenvalue weighted by molar-refractivity contribution is -0.137. The minimum atomic E-state index is -4.32. The molecule has 0 amide bonds. The van der Waals surface area contributed by atoms with Crippen LogP contribution in [0, 0.1) is 23.2 Å². The lowest BCUT2D eigenvalue weighted by Gasteiger charge is -2.35. The molecule has 1 heterocycles. The Hall–Kier alpha value is -1.58. The van der Waals surface area contributed by atoms with Crippen LogP contribution in [-0.2, 0) is 10.9 Å². The van der Waals surface area contributed by atoms with Crippen molar-refractivity contribution in [2.24, 2.45) is 11.8 Å². The summed E-state index contributed by atoms with van der Waals surface area (Å²) in [4.78, 5) is 2.10. The fourth-order valence-corrected chi connectivity index (χ4v) is 3.24. The van der Waals surface area contributed by atoms with Crippen molar-refractivity contribution in [2.75, 3.05) is 26.7 Å². The third-order valence-electron chi connectivity index (χ3n) is 4.36. The molecule has 132 valence electrons. The monoisotopic (exact) mass is 340 g/mol. The Balaban J connectivity index is 2.07. The highest BCUT2D eigenvalue weighted by molar-refractivity contribution is 5.26. The van der Waals surface area contributed by atoms with Gasteiger partial charge in [-0.1, -0.05) is 12.1 Å². The number of alkyl halides is 3. The van der Waals surface area contributed by atoms with Crippen LogP contribution in [-0.4, -0.2) is 31.6 Å². The van der Waals surface area contributed by atoms with Gasteiger partial charge in [0.05, 0.1) is 23.7 Å². The van der Waals surface area contributed by atoms with E-state index in [1.165, 1.54) is 12.1 Å². The Morgan fingerprint density at radius 3 is 2.58 bits per heavy atom. The Kier molecular flexibility index (Phi) is 6.25. The summed E-state index contributed by atoms with van der Waals surface area (Å²) >= 11 is 0. The molecule has 0 spiro atoms. The summed E-state index contributed by atoms with van der Waals surface area (Å²) in [5.41, 5.74) is 0.146. The molecule has 0 aliphatic carbocycles. The minimum absolute atomic E-state index is 0.0518. The van der Waals surface area contributed by atoms with Crippen LogP contribution in [0.4, 0.5) is 13.2 Å². The van der Waals surface area contributed by atoms with E-state index in [1.54, 1.807) is 0 Å². The Morgan fingerprint density at radius 1 is 1.33 bits per heavy atom. The smallest absolute Gasteiger partial charge is 0.373 e. The number of nitriles is 1. The van der Waals surface area contributed by atoms with Gasteiger partial charge < -0.3 is 9.64 Å². The second kappa shape index (κ2) is 8.00. The fourth-order valence-electron chi connectivity index (χ4n) is 3.24. The summed E-state index contributed by atoms with van der Waals surface area (Å²) in [6.07, 6.45) is -2.60. The van der Waals surface area contributed by atoms with E-state index in [4.69, 9.17) is 10.00 Å². The van der Waals surface area contributed by atoms with Crippen molar-refractivity contribution in [3.63, 3.8) is 0 Å². The fraction of sp³-hybridized carbons (Fsp3) is 0.611. The number of halogens is 3. The highest BCUT2D eigenvalue weighted by atomic mass is 19.4. The van der Waals surface area contributed by atoms with Crippen LogP contribution in [0.3, 0.4) is 0 Å². The van der Waals surface area contributed by atoms with Crippen molar-refractivity contribution < 1.29 is 17.9 Å². The molecule has 1 saturated heterocycles. The first-order chi connectivity index (χ1) is 11.3. The zero-order chi connectivity index (χ0) is 17.7. The van der Waals surface area contributed by atoms with E-state index in [0.717, 1.165) is 37.1 Å². The van der Waals surface area contributed by atoms with E-state index < -0.39 is 11.7 Å². The first-order valence-corrected chi connectivity index (χ1v) is 8.18. The molecule has 1 aromatic carbocycles. The number of hydrogen-bond acceptors (Lipinski definition) is 3. The van der Waals surface area contributed by atoms with E-state index in [0.29, 0.717) is 13.2 Å². The van der Waals surface area contributed by atoms with Gasteiger partial charge in [-0.3, -0.25) is 0 Å². The molecule has 1 aromatic rings. The SMILES string of the molecule is C[C@@H](C#N)CN(C)C[C@@H]1CCCO[C@H]1c1ccc(C(F)(F)F)cc1. The summed E-state index contributed by atoms with van der Waals surface area (Å²) in [7, 11) is 1.96. The van der Waals surface area contributed by atoms with Crippen molar-refractivity contribution in [2.45, 2.75) is 32.0 Å². The normalized spacial score (nSPS) is 23.0. The second-order valence-corrected chi connectivity index (χ2v) is 6.56. The molecule has 3 atom stereocenters. The predicted molar refractivity (Wildman–Crippen MR) is 85.1 cm³/mol. The van der Waals surface area contributed by atoms with E-state index in [1.807, 2.05) is 14.0 Å². The minimum Gasteiger partial charge on any atom is -0.373 e. The van der Waals surface area contributed by atoms with Crippen molar-refractivity contribution in [1.29, 1.82) is 5.26 Å². The van der Waals surface area contributed by atoms with E-state index in [-0.39, 0.29) is 17.9 Å². The number of nitrogens with zero attached hydrogens (tertiary/aromatic N) is 2. The van der Waals surface area contributed by atoms with Gasteiger partial charge in [0, 0.05) is 25.6 Å². The quantitative estimate of drug-likeness (QED) is 0.803. The molecule has 0 unspecified atom stereocenters. The van der Waals surface area contributed by atoms with Crippen LogP contribution < -0.4 is 0 Å². The van der Waals surface area contributed by atoms with Gasteiger partial charge in [0.15, 0.2) is 0 Å². The molecule has 1 aliphatic heterocycles. The van der Waals surface area contributed by atoms with Crippen LogP contribution in [0.5, 0.6) is 0 Å². The van der Waals surface area contributed by atoms with Crippen molar-refractivity contribution in [3.8, 4) is 6.07 Å². The van der Waals surface area contributed by atoms with Crippen LogP contribution in [0.1, 0.15) is 37.0 Å². The molecule has 0 saturated carbocycles. The third-order valence-corrected chi connectivity index (χ3v) is 4.36. The highest BCUT2D eigenvalue weighted by Crippen LogP contribution is 2.36. The van der Waals surface area contributed by atoms with E-state index >= 15 is 0 Å². The number of hydrogen-bond donors (Lipinski definition) is 0. The van der Waals surface area contributed by atoms with Gasteiger partial charge in [0.25, 0.3) is 0 Å². The van der Waals surface area contributed by atoms with Gasteiger partial charge in [-0.05, 0) is 44.5 Å². The maximum Gasteiger partial charge on any atom is 0.416 e. The Labute approximate surface area is 141 Å². The molecule has 1 aliphatic rings. The largest absolute Gasteiger partial charge is 0.416 e. The first kappa shape index (κ1) is 18.8. The van der Waals surface area contributed by atoms with Crippen molar-refractivity contribution >= 4 is 0 Å². The topological polar surface area (TPSA) is 36.3 Å². The Morgan fingerprint density at radius 2 is 2.00 bits per heavy atom. The predicted octanol–water partition coefficient (Wildman–Crippen LogP) is 4.26. The molecule has 0 radical (unpaired) electrons. The van der Waals surface area contributed by atoms with Gasteiger partial charge in [0.1, 0.15) is 0 Å². The molecular formula is C18H23F3N2O. The first-order valence-electron chi connectivity index (χ1n) is 8.18. The van der Waals surface area contributed by atoms with Crippen molar-refractivity contribution in [3.05, 3.63) is 35.4 Å². The molecule has 0 aromatic heterocycles. The molecule has 6 heteroatoms. The second-order valence-electron chi connectivity index (χ2n) is 6.56. The van der Waals surface area contributed by atoms with Gasteiger partial charge >= 0.3 is 6.18 Å². The van der Waals surface area contributed by atoms with Crippen LogP contribution in [0.25, 0.3) is 0 Å². The zero-order valence-electron chi connectivity index (χ0n) is 14.0. The lowest BCUT2D eigenvalue weighted by Crippen LogP contribution is -2.35. The summed E-state index contributed by atoms with van der Waals surface area (Å²) in [5.74, 6) is 0.162. The number of rotatable bonds is 5. The summed E-state index contributed by atoms with van der Waals surface area (Å²) < 4.78 is 44.0. The van der Waals surface area contributed by atoms with Gasteiger partial charge in [0.2, 0.25) is 0 Å². The van der Waals surface area contributed by atoms with E-state index in [9.17, 15) is 13.2 Å². The van der Waals surface area contributed by atoms with Crippen molar-refractivity contribution in [1.82, 2.24) is 4.90 Å². The Bertz CT molecular complexity index is 565. The molecule has 24 heavy (non-hydrogen) atoms. The third kappa shape index (κ3) is 4.96. The van der Waals surface area contributed by atoms with Gasteiger partial charge in [-0.15, -0.1) is 0 Å². The summed E-state index contributed by atoms with van der Waals surface area (Å²) in [6, 6.07) is 7.49. The molecule has 0 bridgehead atoms. The highest BCUT2D eigenvalue weighted by Gasteiger charge is 2.32. The summed E-state index contributed by atoms with van der Waals surface area (Å²) in [5, 5.41) is 8.92. The van der Waals surface area contributed by atoms with Crippen LogP contribution in [0.15, 0.2) is 24.3 Å². The molecular weight excluding hydrogens is 317 g/mol. The molecule has 0 N–H and O–H groups in total. The van der Waals surface area contributed by atoms with Gasteiger partial charge in [-0.25, -0.2) is 0 Å². The average molecular weight is 340 g/mol. The lowest BCUT2D eigenvalue weighted by atomic mass is 9.88. The average Bonchev–Trinajstić information content (AvgIpc) is 2.54. The number of benzene rings is 1.